The number of benzene rings is 2. The predicted molar refractivity (Wildman–Crippen MR) is 163 cm³/mol. The third kappa shape index (κ3) is 8.19. The Morgan fingerprint density at radius 1 is 1.05 bits per heavy atom. The molecule has 0 unspecified atom stereocenters. The maximum absolute atomic E-state index is 12.6. The van der Waals surface area contributed by atoms with Crippen LogP contribution in [0.15, 0.2) is 76.6 Å². The summed E-state index contributed by atoms with van der Waals surface area (Å²) in [4.78, 5) is 24.1. The molecule has 0 atom stereocenters. The van der Waals surface area contributed by atoms with E-state index in [2.05, 4.69) is 32.7 Å². The van der Waals surface area contributed by atoms with E-state index in [0.717, 1.165) is 65.0 Å². The fourth-order valence-corrected chi connectivity index (χ4v) is 6.44. The topological polar surface area (TPSA) is 70.1 Å². The normalized spacial score (nSPS) is 14.3. The Balaban J connectivity index is 1.05. The highest BCUT2D eigenvalue weighted by Crippen LogP contribution is 2.30. The van der Waals surface area contributed by atoms with E-state index in [9.17, 15) is 4.79 Å². The van der Waals surface area contributed by atoms with Crippen LogP contribution in [-0.4, -0.2) is 45.7 Å². The second kappa shape index (κ2) is 13.6. The Morgan fingerprint density at radius 3 is 2.72 bits per heavy atom. The quantitative estimate of drug-likeness (QED) is 0.192. The van der Waals surface area contributed by atoms with Crippen LogP contribution in [0.4, 0.5) is 5.69 Å². The molecule has 0 radical (unpaired) electrons. The summed E-state index contributed by atoms with van der Waals surface area (Å²) in [5.41, 5.74) is 5.11. The standard InChI is InChI=1S/C29H29Cl2N5OS2/c30-25-8-7-20(14-26(25)31)17-36-12-9-22(10-13-36)34-28(37)19-39-29-35-27(18-38-29)21-4-3-6-23(15-21)33-16-24-5-1-2-11-32-24/h1-8,11,14-15,18,22,33H,9-10,12-13,16-17,19H2,(H,34,37). The van der Waals surface area contributed by atoms with Gasteiger partial charge in [0.2, 0.25) is 5.91 Å². The highest BCUT2D eigenvalue weighted by molar-refractivity contribution is 8.01. The van der Waals surface area contributed by atoms with Crippen molar-refractivity contribution in [2.75, 3.05) is 24.2 Å². The minimum atomic E-state index is 0.0559. The number of nitrogens with zero attached hydrogens (tertiary/aromatic N) is 3. The van der Waals surface area contributed by atoms with Gasteiger partial charge in [-0.25, -0.2) is 4.98 Å². The van der Waals surface area contributed by atoms with E-state index in [1.54, 1.807) is 17.5 Å². The van der Waals surface area contributed by atoms with Gasteiger partial charge in [0.15, 0.2) is 4.34 Å². The fourth-order valence-electron chi connectivity index (χ4n) is 4.47. The molecule has 0 aliphatic carbocycles. The molecule has 5 rings (SSSR count). The first-order chi connectivity index (χ1) is 19.0. The monoisotopic (exact) mass is 597 g/mol. The molecule has 0 saturated carbocycles. The van der Waals surface area contributed by atoms with Crippen LogP contribution < -0.4 is 10.6 Å². The summed E-state index contributed by atoms with van der Waals surface area (Å²) in [7, 11) is 0. The highest BCUT2D eigenvalue weighted by atomic mass is 35.5. The molecule has 1 fully saturated rings. The molecule has 2 aromatic carbocycles. The zero-order valence-corrected chi connectivity index (χ0v) is 24.4. The smallest absolute Gasteiger partial charge is 0.230 e. The van der Waals surface area contributed by atoms with Gasteiger partial charge in [-0.1, -0.05) is 59.2 Å². The molecule has 10 heteroatoms. The number of thioether (sulfide) groups is 1. The van der Waals surface area contributed by atoms with Gasteiger partial charge in [-0.3, -0.25) is 14.7 Å². The molecule has 1 saturated heterocycles. The van der Waals surface area contributed by atoms with Gasteiger partial charge < -0.3 is 10.6 Å². The molecule has 4 aromatic rings. The molecule has 1 amide bonds. The van der Waals surface area contributed by atoms with Crippen LogP contribution >= 0.6 is 46.3 Å². The summed E-state index contributed by atoms with van der Waals surface area (Å²) in [6.07, 6.45) is 3.67. The van der Waals surface area contributed by atoms with Crippen molar-refractivity contribution in [1.82, 2.24) is 20.2 Å². The molecule has 2 aromatic heterocycles. The maximum atomic E-state index is 12.6. The summed E-state index contributed by atoms with van der Waals surface area (Å²) in [5, 5.41) is 9.83. The van der Waals surface area contributed by atoms with Crippen molar-refractivity contribution in [2.45, 2.75) is 36.3 Å². The molecule has 2 N–H and O–H groups in total. The summed E-state index contributed by atoms with van der Waals surface area (Å²) in [6, 6.07) is 20.1. The van der Waals surface area contributed by atoms with Crippen molar-refractivity contribution in [2.24, 2.45) is 0 Å². The molecule has 0 spiro atoms. The Kier molecular flexibility index (Phi) is 9.76. The SMILES string of the molecule is O=C(CSc1nc(-c2cccc(NCc3ccccn3)c2)cs1)NC1CCN(Cc2ccc(Cl)c(Cl)c2)CC1. The van der Waals surface area contributed by atoms with Gasteiger partial charge in [0.25, 0.3) is 0 Å². The van der Waals surface area contributed by atoms with Crippen LogP contribution in [0.3, 0.4) is 0 Å². The molecular weight excluding hydrogens is 569 g/mol. The minimum Gasteiger partial charge on any atom is -0.379 e. The zero-order chi connectivity index (χ0) is 27.0. The third-order valence-corrected chi connectivity index (χ3v) is 9.27. The van der Waals surface area contributed by atoms with Crippen LogP contribution in [0.5, 0.6) is 0 Å². The number of rotatable bonds is 10. The Bertz CT molecular complexity index is 1390. The molecule has 0 bridgehead atoms. The summed E-state index contributed by atoms with van der Waals surface area (Å²) in [6.45, 7) is 3.37. The van der Waals surface area contributed by atoms with Crippen LogP contribution in [0.1, 0.15) is 24.1 Å². The van der Waals surface area contributed by atoms with Crippen molar-refractivity contribution >= 4 is 57.9 Å². The largest absolute Gasteiger partial charge is 0.379 e. The highest BCUT2D eigenvalue weighted by Gasteiger charge is 2.21. The maximum Gasteiger partial charge on any atom is 0.230 e. The molecule has 6 nitrogen and oxygen atoms in total. The number of anilines is 1. The molecular formula is C29H29Cl2N5OS2. The number of thiazole rings is 1. The van der Waals surface area contributed by atoms with Gasteiger partial charge in [-0.05, 0) is 54.8 Å². The number of aromatic nitrogens is 2. The lowest BCUT2D eigenvalue weighted by molar-refractivity contribution is -0.119. The second-order valence-corrected chi connectivity index (χ2v) is 12.3. The van der Waals surface area contributed by atoms with Crippen molar-refractivity contribution < 1.29 is 4.79 Å². The van der Waals surface area contributed by atoms with Gasteiger partial charge in [-0.2, -0.15) is 0 Å². The van der Waals surface area contributed by atoms with Crippen molar-refractivity contribution in [3.05, 3.63) is 93.5 Å². The van der Waals surface area contributed by atoms with Crippen LogP contribution in [0.2, 0.25) is 10.0 Å². The number of nitrogens with one attached hydrogen (secondary N) is 2. The molecule has 202 valence electrons. The van der Waals surface area contributed by atoms with E-state index in [4.69, 9.17) is 28.2 Å². The number of hydrogen-bond donors (Lipinski definition) is 2. The first-order valence-electron chi connectivity index (χ1n) is 12.8. The van der Waals surface area contributed by atoms with Gasteiger partial charge in [0.05, 0.1) is 33.7 Å². The number of halogens is 2. The fraction of sp³-hybridized carbons (Fsp3) is 0.276. The number of hydrogen-bond acceptors (Lipinski definition) is 7. The van der Waals surface area contributed by atoms with E-state index in [-0.39, 0.29) is 11.9 Å². The number of amides is 1. The Labute approximate surface area is 247 Å². The first kappa shape index (κ1) is 27.9. The minimum absolute atomic E-state index is 0.0559. The van der Waals surface area contributed by atoms with Crippen molar-refractivity contribution in [3.8, 4) is 11.3 Å². The average Bonchev–Trinajstić information content (AvgIpc) is 3.44. The number of likely N-dealkylation sites (tertiary alicyclic amines) is 1. The first-order valence-corrected chi connectivity index (χ1v) is 15.4. The van der Waals surface area contributed by atoms with Gasteiger partial charge in [0, 0.05) is 48.5 Å². The lowest BCUT2D eigenvalue weighted by Crippen LogP contribution is -2.44. The average molecular weight is 599 g/mol. The molecule has 3 heterocycles. The number of piperidine rings is 1. The van der Waals surface area contributed by atoms with Gasteiger partial charge in [-0.15, -0.1) is 11.3 Å². The second-order valence-electron chi connectivity index (χ2n) is 9.41. The third-order valence-electron chi connectivity index (χ3n) is 6.51. The number of carbonyl (C=O) groups is 1. The summed E-state index contributed by atoms with van der Waals surface area (Å²) in [5.74, 6) is 0.419. The molecule has 1 aliphatic rings. The van der Waals surface area contributed by atoms with E-state index in [1.807, 2.05) is 53.9 Å². The van der Waals surface area contributed by atoms with Crippen molar-refractivity contribution in [1.29, 1.82) is 0 Å². The van der Waals surface area contributed by atoms with E-state index < -0.39 is 0 Å². The lowest BCUT2D eigenvalue weighted by atomic mass is 10.0. The zero-order valence-electron chi connectivity index (χ0n) is 21.3. The summed E-state index contributed by atoms with van der Waals surface area (Å²) >= 11 is 15.2. The lowest BCUT2D eigenvalue weighted by Gasteiger charge is -2.32. The van der Waals surface area contributed by atoms with Crippen LogP contribution in [-0.2, 0) is 17.9 Å². The van der Waals surface area contributed by atoms with E-state index >= 15 is 0 Å². The van der Waals surface area contributed by atoms with E-state index in [0.29, 0.717) is 22.3 Å². The van der Waals surface area contributed by atoms with Crippen LogP contribution in [0.25, 0.3) is 11.3 Å². The van der Waals surface area contributed by atoms with E-state index in [1.165, 1.54) is 11.8 Å². The molecule has 39 heavy (non-hydrogen) atoms. The number of carbonyl (C=O) groups excluding carboxylic acids is 1. The Hall–Kier alpha value is -2.62. The Morgan fingerprint density at radius 2 is 1.92 bits per heavy atom. The van der Waals surface area contributed by atoms with Crippen LogP contribution in [0, 0.1) is 0 Å². The van der Waals surface area contributed by atoms with Gasteiger partial charge >= 0.3 is 0 Å². The number of pyridine rings is 1. The molecule has 1 aliphatic heterocycles. The summed E-state index contributed by atoms with van der Waals surface area (Å²) < 4.78 is 0.892. The van der Waals surface area contributed by atoms with Crippen molar-refractivity contribution in [3.63, 3.8) is 0 Å². The predicted octanol–water partition coefficient (Wildman–Crippen LogP) is 7.00. The van der Waals surface area contributed by atoms with Gasteiger partial charge in [0.1, 0.15) is 0 Å².